The Bertz CT molecular complexity index is 2000. The molecule has 3 heterocycles. The second kappa shape index (κ2) is 15.7. The van der Waals surface area contributed by atoms with Crippen molar-refractivity contribution in [2.45, 2.75) is 121 Å². The fourth-order valence-corrected chi connectivity index (χ4v) is 9.46. The number of aromatic nitrogens is 1. The molecule has 1 N–H and O–H groups in total. The van der Waals surface area contributed by atoms with E-state index in [0.29, 0.717) is 50.3 Å². The third kappa shape index (κ3) is 8.87. The van der Waals surface area contributed by atoms with Crippen LogP contribution in [-0.4, -0.2) is 84.4 Å². The summed E-state index contributed by atoms with van der Waals surface area (Å²) >= 11 is 0. The summed E-state index contributed by atoms with van der Waals surface area (Å²) in [6.07, 6.45) is 5.33. The quantitative estimate of drug-likeness (QED) is 0.218. The van der Waals surface area contributed by atoms with Crippen molar-refractivity contribution >= 4 is 44.4 Å². The summed E-state index contributed by atoms with van der Waals surface area (Å²) in [5.74, 6) is -7.28. The van der Waals surface area contributed by atoms with Gasteiger partial charge in [0.05, 0.1) is 42.7 Å². The first-order valence-corrected chi connectivity index (χ1v) is 21.1. The minimum Gasteiger partial charge on any atom is -0.481 e. The van der Waals surface area contributed by atoms with E-state index in [-0.39, 0.29) is 43.5 Å². The number of pyridine rings is 1. The first-order chi connectivity index (χ1) is 26.2. The van der Waals surface area contributed by atoms with Gasteiger partial charge in [-0.1, -0.05) is 44.2 Å². The van der Waals surface area contributed by atoms with Crippen LogP contribution >= 0.6 is 0 Å². The summed E-state index contributed by atoms with van der Waals surface area (Å²) in [5.41, 5.74) is -3.47. The molecule has 2 saturated carbocycles. The number of esters is 1. The lowest BCUT2D eigenvalue weighted by Gasteiger charge is -2.34. The Balaban J connectivity index is 1.36. The van der Waals surface area contributed by atoms with Crippen LogP contribution in [0.15, 0.2) is 42.5 Å². The highest BCUT2D eigenvalue weighted by atomic mass is 32.2. The maximum absolute atomic E-state index is 14.9. The Morgan fingerprint density at radius 2 is 1.79 bits per heavy atom. The summed E-state index contributed by atoms with van der Waals surface area (Å²) in [4.78, 5) is 62.6. The zero-order chi connectivity index (χ0) is 40.8. The molecule has 12 nitrogen and oxygen atoms in total. The van der Waals surface area contributed by atoms with Gasteiger partial charge < -0.3 is 19.1 Å². The van der Waals surface area contributed by atoms with Crippen LogP contribution in [0.3, 0.4) is 0 Å². The molecule has 1 aromatic heterocycles. The summed E-state index contributed by atoms with van der Waals surface area (Å²) in [5, 5.41) is 0.824. The number of methoxy groups -OCH3 is 1. The van der Waals surface area contributed by atoms with Gasteiger partial charge in [-0.15, -0.1) is 0 Å². The Morgan fingerprint density at radius 1 is 1.07 bits per heavy atom. The fraction of sp³-hybridized carbons (Fsp3) is 0.634. The topological polar surface area (TPSA) is 158 Å². The van der Waals surface area contributed by atoms with Crippen molar-refractivity contribution in [1.29, 1.82) is 0 Å². The van der Waals surface area contributed by atoms with Gasteiger partial charge in [0.1, 0.15) is 6.10 Å². The number of Topliss-reactive ketones (excluding diaryl/α,β-unsaturated/α-hetero) is 1. The van der Waals surface area contributed by atoms with E-state index < -0.39 is 86.2 Å². The molecule has 56 heavy (non-hydrogen) atoms. The molecule has 2 aliphatic heterocycles. The largest absolute Gasteiger partial charge is 0.481 e. The monoisotopic (exact) mass is 801 g/mol. The van der Waals surface area contributed by atoms with Gasteiger partial charge in [0, 0.05) is 31.2 Å². The summed E-state index contributed by atoms with van der Waals surface area (Å²) in [7, 11) is -2.43. The highest BCUT2D eigenvalue weighted by molar-refractivity contribution is 7.90. The lowest BCUT2D eigenvalue weighted by Crippen LogP contribution is -2.48. The molecule has 2 aliphatic carbocycles. The van der Waals surface area contributed by atoms with Crippen LogP contribution in [-0.2, 0) is 33.9 Å². The van der Waals surface area contributed by atoms with E-state index in [1.54, 1.807) is 6.07 Å². The van der Waals surface area contributed by atoms with Crippen molar-refractivity contribution in [1.82, 2.24) is 14.6 Å². The third-order valence-electron chi connectivity index (χ3n) is 12.1. The molecule has 15 heteroatoms. The number of allylic oxidation sites excluding steroid dienone is 2. The number of ether oxygens (including phenoxy) is 3. The van der Waals surface area contributed by atoms with Crippen molar-refractivity contribution in [3.8, 4) is 11.8 Å². The standard InChI is InChI=1S/C41H53F2N3O9S/c1-24-11-7-9-13-27-21-41(27,38(50)45-56(51,52)29-15-16-29)22-33(47)32-19-28(54-36-30-14-10-8-12-26(30)18-34(44-36)53-6)23-46(32)37(49)31(25(2)17-24)20-35(48)55-39(3,4)40(5,42)43/h8-10,12-14,18,24-25,27-29,31-32H,7,11,15-17,19-23H2,1-6H3,(H,45,50)/b13-9-/t24-,25-,27-,28-,31?,32+,41-/m1/s1. The molecule has 7 atom stereocenters. The first kappa shape index (κ1) is 41.5. The smallest absolute Gasteiger partial charge is 0.307 e. The second-order valence-corrected chi connectivity index (χ2v) is 18.9. The van der Waals surface area contributed by atoms with Crippen molar-refractivity contribution in [3.63, 3.8) is 0 Å². The Labute approximate surface area is 327 Å². The fourth-order valence-electron chi connectivity index (χ4n) is 8.08. The van der Waals surface area contributed by atoms with Crippen LogP contribution in [0.2, 0.25) is 0 Å². The SMILES string of the molecule is COc1cc2ccccc2c(O[C@@H]2C[C@H]3C(=O)C[C@]4(C(=O)NS(=O)(=O)C5CC5)C[C@H]4/C=C\CC[C@@H](C)C[C@@H](C)C(CC(=O)OC(C)(C)C(C)(F)F)C(=O)N3C2)n1. The number of hydrogen-bond acceptors (Lipinski definition) is 10. The van der Waals surface area contributed by atoms with E-state index in [1.807, 2.05) is 50.3 Å². The van der Waals surface area contributed by atoms with Gasteiger partial charge in [0.15, 0.2) is 11.4 Å². The van der Waals surface area contributed by atoms with Gasteiger partial charge in [0.2, 0.25) is 33.6 Å². The van der Waals surface area contributed by atoms with Gasteiger partial charge >= 0.3 is 5.97 Å². The number of sulfonamides is 1. The van der Waals surface area contributed by atoms with Crippen LogP contribution in [0.25, 0.3) is 10.8 Å². The average Bonchev–Trinajstić information content (AvgIpc) is 4.04. The predicted octanol–water partition coefficient (Wildman–Crippen LogP) is 6.16. The van der Waals surface area contributed by atoms with E-state index in [4.69, 9.17) is 14.2 Å². The summed E-state index contributed by atoms with van der Waals surface area (Å²) in [6, 6.07) is 8.02. The molecule has 0 bridgehead atoms. The molecular formula is C41H53F2N3O9S. The molecule has 2 amide bonds. The number of amides is 2. The van der Waals surface area contributed by atoms with E-state index in [9.17, 15) is 36.4 Å². The van der Waals surface area contributed by atoms with E-state index >= 15 is 0 Å². The van der Waals surface area contributed by atoms with Gasteiger partial charge in [-0.3, -0.25) is 23.9 Å². The molecule has 1 saturated heterocycles. The lowest BCUT2D eigenvalue weighted by atomic mass is 9.82. The molecule has 0 spiro atoms. The molecule has 1 aromatic carbocycles. The third-order valence-corrected chi connectivity index (χ3v) is 14.0. The number of hydrogen-bond donors (Lipinski definition) is 1. The van der Waals surface area contributed by atoms with Crippen molar-refractivity contribution < 1.29 is 50.6 Å². The van der Waals surface area contributed by atoms with Gasteiger partial charge in [-0.2, -0.15) is 4.98 Å². The number of carbonyl (C=O) groups is 4. The van der Waals surface area contributed by atoms with Crippen LogP contribution in [0.5, 0.6) is 11.8 Å². The molecule has 306 valence electrons. The van der Waals surface area contributed by atoms with Crippen LogP contribution in [0.1, 0.15) is 92.4 Å². The number of fused-ring (bicyclic) bond motifs is 3. The number of nitrogens with one attached hydrogen (secondary N) is 1. The van der Waals surface area contributed by atoms with Gasteiger partial charge in [0.25, 0.3) is 5.92 Å². The van der Waals surface area contributed by atoms with Gasteiger partial charge in [-0.05, 0) is 81.6 Å². The van der Waals surface area contributed by atoms with Crippen LogP contribution < -0.4 is 14.2 Å². The van der Waals surface area contributed by atoms with E-state index in [1.165, 1.54) is 12.0 Å². The molecule has 1 unspecified atom stereocenters. The number of nitrogens with zero attached hydrogens (tertiary/aromatic N) is 2. The molecule has 4 aliphatic rings. The van der Waals surface area contributed by atoms with E-state index in [2.05, 4.69) is 9.71 Å². The maximum atomic E-state index is 14.9. The minimum absolute atomic E-state index is 0.0212. The van der Waals surface area contributed by atoms with Crippen molar-refractivity contribution in [2.24, 2.45) is 29.1 Å². The zero-order valence-corrected chi connectivity index (χ0v) is 33.7. The molecule has 0 radical (unpaired) electrons. The van der Waals surface area contributed by atoms with Crippen LogP contribution in [0, 0.1) is 29.1 Å². The Morgan fingerprint density at radius 3 is 2.46 bits per heavy atom. The number of halogens is 2. The number of alkyl halides is 2. The number of carbonyl (C=O) groups excluding carboxylic acids is 4. The zero-order valence-electron chi connectivity index (χ0n) is 32.9. The summed E-state index contributed by atoms with van der Waals surface area (Å²) < 4.78 is 74.1. The molecular weight excluding hydrogens is 749 g/mol. The Kier molecular flexibility index (Phi) is 11.6. The summed E-state index contributed by atoms with van der Waals surface area (Å²) in [6.45, 7) is 6.67. The number of rotatable bonds is 10. The molecule has 3 fully saturated rings. The lowest BCUT2D eigenvalue weighted by molar-refractivity contribution is -0.197. The highest BCUT2D eigenvalue weighted by Crippen LogP contribution is 2.57. The average molecular weight is 802 g/mol. The predicted molar refractivity (Wildman–Crippen MR) is 203 cm³/mol. The molecule has 2 aromatic rings. The number of ketones is 1. The highest BCUT2D eigenvalue weighted by Gasteiger charge is 2.62. The number of benzene rings is 1. The van der Waals surface area contributed by atoms with Gasteiger partial charge in [-0.25, -0.2) is 17.2 Å². The Hall–Kier alpha value is -4.14. The normalized spacial score (nSPS) is 29.7. The van der Waals surface area contributed by atoms with Crippen molar-refractivity contribution in [3.05, 3.63) is 42.5 Å². The molecule has 6 rings (SSSR count). The van der Waals surface area contributed by atoms with E-state index in [0.717, 1.165) is 19.2 Å². The first-order valence-electron chi connectivity index (χ1n) is 19.5. The van der Waals surface area contributed by atoms with Crippen LogP contribution in [0.4, 0.5) is 8.78 Å². The maximum Gasteiger partial charge on any atom is 0.307 e. The minimum atomic E-state index is -3.91. The van der Waals surface area contributed by atoms with Crippen molar-refractivity contribution in [2.75, 3.05) is 13.7 Å². The second-order valence-electron chi connectivity index (χ2n) is 17.0.